The molecular weight excluding hydrogens is 412 g/mol. The summed E-state index contributed by atoms with van der Waals surface area (Å²) in [6.45, 7) is 5.50. The number of epoxide rings is 4. The summed E-state index contributed by atoms with van der Waals surface area (Å²) >= 11 is 0. The molecule has 0 spiro atoms. The number of carboxylic acid groups (broad SMARTS) is 2. The van der Waals surface area contributed by atoms with Crippen molar-refractivity contribution in [2.24, 2.45) is 0 Å². The van der Waals surface area contributed by atoms with Gasteiger partial charge in [0.2, 0.25) is 0 Å². The molecule has 0 radical (unpaired) electrons. The van der Waals surface area contributed by atoms with Gasteiger partial charge in [-0.2, -0.15) is 0 Å². The lowest BCUT2D eigenvalue weighted by Gasteiger charge is -2.07. The van der Waals surface area contributed by atoms with Crippen LogP contribution in [0.1, 0.15) is 0 Å². The molecule has 4 saturated heterocycles. The Morgan fingerprint density at radius 3 is 1.17 bits per heavy atom. The summed E-state index contributed by atoms with van der Waals surface area (Å²) in [4.78, 5) is 19.5. The molecule has 4 unspecified atom stereocenters. The summed E-state index contributed by atoms with van der Waals surface area (Å²) in [5.41, 5.74) is 0. The molecule has 174 valence electrons. The second-order valence-corrected chi connectivity index (χ2v) is 6.70. The normalized spacial score (nSPS) is 27.0. The van der Waals surface area contributed by atoms with Crippen molar-refractivity contribution in [3.8, 4) is 0 Å². The third-order valence-electron chi connectivity index (χ3n) is 3.62. The fraction of sp³-hybridized carbons (Fsp3) is 0.882. The molecule has 0 aromatic carbocycles. The molecule has 30 heavy (non-hydrogen) atoms. The Labute approximate surface area is 172 Å². The summed E-state index contributed by atoms with van der Waals surface area (Å²) < 4.78 is 38.1. The Hall–Kier alpha value is -1.74. The molecule has 4 aliphatic rings. The second-order valence-electron chi connectivity index (χ2n) is 6.70. The molecule has 13 heteroatoms. The highest BCUT2D eigenvalue weighted by Gasteiger charge is 2.27. The van der Waals surface area contributed by atoms with Crippen LogP contribution in [0.4, 0.5) is 9.59 Å². The van der Waals surface area contributed by atoms with Gasteiger partial charge in [-0.1, -0.05) is 0 Å². The van der Waals surface area contributed by atoms with Crippen molar-refractivity contribution in [1.82, 2.24) is 0 Å². The van der Waals surface area contributed by atoms with Crippen LogP contribution in [-0.4, -0.2) is 124 Å². The van der Waals surface area contributed by atoms with Gasteiger partial charge < -0.3 is 53.2 Å². The van der Waals surface area contributed by atoms with Gasteiger partial charge in [-0.05, 0) is 0 Å². The fourth-order valence-electron chi connectivity index (χ4n) is 1.70. The predicted molar refractivity (Wildman–Crippen MR) is 94.6 cm³/mol. The first-order valence-electron chi connectivity index (χ1n) is 9.43. The molecule has 13 nitrogen and oxygen atoms in total. The number of carbonyl (C=O) groups is 2. The molecular formula is C17H28O13. The lowest BCUT2D eigenvalue weighted by molar-refractivity contribution is -0.00197. The van der Waals surface area contributed by atoms with E-state index in [2.05, 4.69) is 9.47 Å². The standard InChI is InChI=1S/2C6H10O3.C5H8O7/c2*1(5-3-8-5)7-2-6-4-9-6;6-3(1-11-4(7)8)2-12-5(9)10/h2*5-6H,1-4H2;3,6H,1-2H2,(H,7,8)(H,9,10). The Morgan fingerprint density at radius 1 is 0.700 bits per heavy atom. The van der Waals surface area contributed by atoms with Gasteiger partial charge in [-0.3, -0.25) is 0 Å². The number of ether oxygens (including phenoxy) is 8. The van der Waals surface area contributed by atoms with Crippen LogP contribution in [0.5, 0.6) is 0 Å². The molecule has 0 aromatic heterocycles. The zero-order valence-corrected chi connectivity index (χ0v) is 16.4. The maximum atomic E-state index is 9.75. The number of rotatable bonds is 12. The summed E-state index contributed by atoms with van der Waals surface area (Å²) in [7, 11) is 0. The van der Waals surface area contributed by atoms with Crippen LogP contribution in [0.15, 0.2) is 0 Å². The van der Waals surface area contributed by atoms with Crippen LogP contribution in [0, 0.1) is 0 Å². The topological polar surface area (TPSA) is 182 Å². The molecule has 3 N–H and O–H groups in total. The van der Waals surface area contributed by atoms with E-state index < -0.39 is 31.6 Å². The van der Waals surface area contributed by atoms with Crippen molar-refractivity contribution in [1.29, 1.82) is 0 Å². The minimum atomic E-state index is -1.54. The first kappa shape index (κ1) is 24.5. The van der Waals surface area contributed by atoms with Crippen molar-refractivity contribution in [3.63, 3.8) is 0 Å². The predicted octanol–water partition coefficient (Wildman–Crippen LogP) is -0.662. The third-order valence-corrected chi connectivity index (χ3v) is 3.62. The van der Waals surface area contributed by atoms with E-state index in [1.165, 1.54) is 0 Å². The first-order chi connectivity index (χ1) is 14.4. The Morgan fingerprint density at radius 2 is 0.967 bits per heavy atom. The van der Waals surface area contributed by atoms with Crippen molar-refractivity contribution in [2.75, 3.05) is 66.1 Å². The highest BCUT2D eigenvalue weighted by Crippen LogP contribution is 2.13. The smallest absolute Gasteiger partial charge is 0.450 e. The van der Waals surface area contributed by atoms with E-state index in [1.807, 2.05) is 0 Å². The van der Waals surface area contributed by atoms with Gasteiger partial charge in [0, 0.05) is 0 Å². The number of aliphatic hydroxyl groups excluding tert-OH is 1. The minimum Gasteiger partial charge on any atom is -0.450 e. The fourth-order valence-corrected chi connectivity index (χ4v) is 1.70. The SMILES string of the molecule is C(OCC1CO1)C1CO1.C(OCC1CO1)C1CO1.O=C(O)OCC(O)COC(=O)O. The van der Waals surface area contributed by atoms with E-state index in [-0.39, 0.29) is 0 Å². The van der Waals surface area contributed by atoms with E-state index in [0.29, 0.717) is 24.4 Å². The zero-order valence-electron chi connectivity index (χ0n) is 16.4. The molecule has 4 heterocycles. The van der Waals surface area contributed by atoms with Crippen LogP contribution in [0.3, 0.4) is 0 Å². The van der Waals surface area contributed by atoms with Gasteiger partial charge in [-0.25, -0.2) is 9.59 Å². The molecule has 0 amide bonds. The molecule has 0 saturated carbocycles. The van der Waals surface area contributed by atoms with E-state index in [9.17, 15) is 9.59 Å². The Balaban J connectivity index is 0.000000162. The van der Waals surface area contributed by atoms with Gasteiger partial charge in [0.15, 0.2) is 0 Å². The largest absolute Gasteiger partial charge is 0.505 e. The van der Waals surface area contributed by atoms with E-state index in [0.717, 1.165) is 52.9 Å². The monoisotopic (exact) mass is 440 g/mol. The highest BCUT2D eigenvalue weighted by atomic mass is 16.7. The summed E-state index contributed by atoms with van der Waals surface area (Å²) in [5, 5.41) is 24.7. The number of hydrogen-bond acceptors (Lipinski definition) is 11. The van der Waals surface area contributed by atoms with Crippen LogP contribution < -0.4 is 0 Å². The summed E-state index contributed by atoms with van der Waals surface area (Å²) in [6.07, 6.45) is -2.77. The van der Waals surface area contributed by atoms with Crippen molar-refractivity contribution in [3.05, 3.63) is 0 Å². The summed E-state index contributed by atoms with van der Waals surface area (Å²) in [6, 6.07) is 0. The Bertz CT molecular complexity index is 432. The second kappa shape index (κ2) is 13.5. The highest BCUT2D eigenvalue weighted by molar-refractivity contribution is 5.57. The summed E-state index contributed by atoms with van der Waals surface area (Å²) in [5.74, 6) is 0. The first-order valence-corrected chi connectivity index (χ1v) is 9.43. The van der Waals surface area contributed by atoms with Crippen molar-refractivity contribution < 1.29 is 62.8 Å². The van der Waals surface area contributed by atoms with Gasteiger partial charge in [0.1, 0.15) is 43.7 Å². The molecule has 0 aliphatic carbocycles. The maximum Gasteiger partial charge on any atom is 0.505 e. The molecule has 4 aliphatic heterocycles. The molecule has 4 atom stereocenters. The van der Waals surface area contributed by atoms with Gasteiger partial charge in [0.25, 0.3) is 0 Å². The molecule has 0 aromatic rings. The average molecular weight is 440 g/mol. The van der Waals surface area contributed by atoms with Crippen molar-refractivity contribution >= 4 is 12.3 Å². The lowest BCUT2D eigenvalue weighted by Crippen LogP contribution is -2.24. The molecule has 4 fully saturated rings. The van der Waals surface area contributed by atoms with Crippen LogP contribution >= 0.6 is 0 Å². The third kappa shape index (κ3) is 16.1. The van der Waals surface area contributed by atoms with E-state index in [4.69, 9.17) is 43.7 Å². The minimum absolute atomic E-state index is 0.392. The van der Waals surface area contributed by atoms with Crippen LogP contribution in [-0.2, 0) is 37.9 Å². The number of aliphatic hydroxyl groups is 1. The number of hydrogen-bond donors (Lipinski definition) is 3. The van der Waals surface area contributed by atoms with Crippen LogP contribution in [0.2, 0.25) is 0 Å². The zero-order chi connectivity index (χ0) is 21.8. The van der Waals surface area contributed by atoms with Gasteiger partial charge >= 0.3 is 12.3 Å². The van der Waals surface area contributed by atoms with E-state index >= 15 is 0 Å². The quantitative estimate of drug-likeness (QED) is 0.257. The van der Waals surface area contributed by atoms with E-state index in [1.54, 1.807) is 0 Å². The molecule has 4 rings (SSSR count). The molecule has 0 bridgehead atoms. The van der Waals surface area contributed by atoms with Gasteiger partial charge in [-0.15, -0.1) is 0 Å². The average Bonchev–Trinajstić information content (AvgIpc) is 3.56. The van der Waals surface area contributed by atoms with Crippen molar-refractivity contribution in [2.45, 2.75) is 30.5 Å². The Kier molecular flexibility index (Phi) is 11.1. The van der Waals surface area contributed by atoms with Crippen LogP contribution in [0.25, 0.3) is 0 Å². The maximum absolute atomic E-state index is 9.75. The lowest BCUT2D eigenvalue weighted by atomic mass is 10.4. The van der Waals surface area contributed by atoms with Gasteiger partial charge in [0.05, 0.1) is 52.9 Å².